The first-order valence-electron chi connectivity index (χ1n) is 4.72. The van der Waals surface area contributed by atoms with Crippen LogP contribution in [0.15, 0.2) is 18.2 Å². The molecule has 14 heavy (non-hydrogen) atoms. The summed E-state index contributed by atoms with van der Waals surface area (Å²) in [4.78, 5) is 0. The molecule has 3 heteroatoms. The fourth-order valence-corrected chi connectivity index (χ4v) is 1.53. The van der Waals surface area contributed by atoms with E-state index in [1.54, 1.807) is 7.11 Å². The van der Waals surface area contributed by atoms with E-state index in [2.05, 4.69) is 0 Å². The molecule has 0 amide bonds. The van der Waals surface area contributed by atoms with Crippen molar-refractivity contribution in [3.63, 3.8) is 0 Å². The Kier molecular flexibility index (Phi) is 3.92. The lowest BCUT2D eigenvalue weighted by Gasteiger charge is -2.15. The van der Waals surface area contributed by atoms with Gasteiger partial charge in [0.1, 0.15) is 5.75 Å². The number of ether oxygens (including phenoxy) is 1. The van der Waals surface area contributed by atoms with Gasteiger partial charge in [-0.25, -0.2) is 0 Å². The number of para-hydroxylation sites is 1. The van der Waals surface area contributed by atoms with Gasteiger partial charge in [0.15, 0.2) is 0 Å². The molecule has 1 aromatic rings. The van der Waals surface area contributed by atoms with Gasteiger partial charge >= 0.3 is 0 Å². The molecule has 3 nitrogen and oxygen atoms in total. The average Bonchev–Trinajstić information content (AvgIpc) is 2.17. The third-order valence-electron chi connectivity index (χ3n) is 2.25. The Labute approximate surface area is 84.5 Å². The van der Waals surface area contributed by atoms with Gasteiger partial charge in [0, 0.05) is 5.56 Å². The Balaban J connectivity index is 3.00. The number of methoxy groups -OCH3 is 1. The summed E-state index contributed by atoms with van der Waals surface area (Å²) in [5.41, 5.74) is 7.24. The summed E-state index contributed by atoms with van der Waals surface area (Å²) in [6, 6.07) is 5.73. The third kappa shape index (κ3) is 2.25. The Morgan fingerprint density at radius 2 is 2.21 bits per heavy atom. The van der Waals surface area contributed by atoms with Crippen molar-refractivity contribution in [1.29, 1.82) is 0 Å². The second-order valence-electron chi connectivity index (χ2n) is 3.29. The molecule has 0 saturated carbocycles. The van der Waals surface area contributed by atoms with Crippen LogP contribution in [0.2, 0.25) is 0 Å². The number of aliphatic hydroxyl groups is 1. The molecular weight excluding hydrogens is 178 g/mol. The molecule has 3 N–H and O–H groups in total. The van der Waals surface area contributed by atoms with Crippen LogP contribution in [0.4, 0.5) is 0 Å². The normalized spacial score (nSPS) is 12.6. The molecule has 0 spiro atoms. The van der Waals surface area contributed by atoms with Gasteiger partial charge in [-0.2, -0.15) is 0 Å². The lowest BCUT2D eigenvalue weighted by molar-refractivity contribution is 0.166. The summed E-state index contributed by atoms with van der Waals surface area (Å²) in [7, 11) is 1.61. The van der Waals surface area contributed by atoms with Crippen molar-refractivity contribution in [3.8, 4) is 5.75 Å². The molecule has 0 aliphatic rings. The van der Waals surface area contributed by atoms with Gasteiger partial charge in [0.2, 0.25) is 0 Å². The van der Waals surface area contributed by atoms with E-state index in [0.717, 1.165) is 16.9 Å². The molecule has 0 aromatic heterocycles. The number of nitrogens with two attached hydrogens (primary N) is 1. The van der Waals surface area contributed by atoms with Crippen molar-refractivity contribution in [2.75, 3.05) is 13.7 Å². The molecular formula is C11H17NO2. The summed E-state index contributed by atoms with van der Waals surface area (Å²) in [5, 5.41) is 9.80. The number of rotatable bonds is 4. The zero-order valence-electron chi connectivity index (χ0n) is 8.66. The maximum atomic E-state index is 9.80. The minimum atomic E-state index is -0.533. The standard InChI is InChI=1S/C11H17NO2/c1-8-4-3-5-9(11(8)14-2)10(13)6-7-12/h3-5,10,13H,6-7,12H2,1-2H3. The van der Waals surface area contributed by atoms with Crippen molar-refractivity contribution in [3.05, 3.63) is 29.3 Å². The number of aryl methyl sites for hydroxylation is 1. The largest absolute Gasteiger partial charge is 0.496 e. The van der Waals surface area contributed by atoms with Crippen molar-refractivity contribution < 1.29 is 9.84 Å². The molecule has 0 heterocycles. The number of hydrogen-bond acceptors (Lipinski definition) is 3. The van der Waals surface area contributed by atoms with Gasteiger partial charge in [-0.15, -0.1) is 0 Å². The highest BCUT2D eigenvalue weighted by molar-refractivity contribution is 5.41. The van der Waals surface area contributed by atoms with Crippen LogP contribution < -0.4 is 10.5 Å². The molecule has 0 saturated heterocycles. The van der Waals surface area contributed by atoms with Crippen molar-refractivity contribution >= 4 is 0 Å². The molecule has 0 fully saturated rings. The first-order valence-corrected chi connectivity index (χ1v) is 4.72. The Hall–Kier alpha value is -1.06. The molecule has 1 atom stereocenters. The lowest BCUT2D eigenvalue weighted by atomic mass is 10.0. The molecule has 0 aliphatic carbocycles. The van der Waals surface area contributed by atoms with E-state index >= 15 is 0 Å². The first-order chi connectivity index (χ1) is 6.70. The minimum absolute atomic E-state index is 0.470. The number of hydrogen-bond donors (Lipinski definition) is 2. The van der Waals surface area contributed by atoms with Crippen LogP contribution in [-0.2, 0) is 0 Å². The summed E-state index contributed by atoms with van der Waals surface area (Å²) in [6.07, 6.45) is 0.0228. The Morgan fingerprint density at radius 3 is 2.79 bits per heavy atom. The summed E-state index contributed by atoms with van der Waals surface area (Å²) in [6.45, 7) is 2.43. The highest BCUT2D eigenvalue weighted by Gasteiger charge is 2.13. The number of aliphatic hydroxyl groups excluding tert-OH is 1. The Morgan fingerprint density at radius 1 is 1.50 bits per heavy atom. The van der Waals surface area contributed by atoms with Crippen LogP contribution in [0.5, 0.6) is 5.75 Å². The van der Waals surface area contributed by atoms with E-state index in [9.17, 15) is 5.11 Å². The highest BCUT2D eigenvalue weighted by atomic mass is 16.5. The maximum Gasteiger partial charge on any atom is 0.127 e. The molecule has 0 aliphatic heterocycles. The molecule has 78 valence electrons. The van der Waals surface area contributed by atoms with Crippen molar-refractivity contribution in [2.45, 2.75) is 19.4 Å². The van der Waals surface area contributed by atoms with E-state index in [0.29, 0.717) is 13.0 Å². The minimum Gasteiger partial charge on any atom is -0.496 e. The van der Waals surface area contributed by atoms with Gasteiger partial charge < -0.3 is 15.6 Å². The smallest absolute Gasteiger partial charge is 0.127 e. The van der Waals surface area contributed by atoms with Gasteiger partial charge in [0.25, 0.3) is 0 Å². The topological polar surface area (TPSA) is 55.5 Å². The zero-order chi connectivity index (χ0) is 10.6. The fourth-order valence-electron chi connectivity index (χ4n) is 1.53. The van der Waals surface area contributed by atoms with E-state index in [1.807, 2.05) is 25.1 Å². The van der Waals surface area contributed by atoms with Gasteiger partial charge in [0.05, 0.1) is 13.2 Å². The first kappa shape index (κ1) is 11.0. The van der Waals surface area contributed by atoms with Crippen LogP contribution in [0.25, 0.3) is 0 Å². The average molecular weight is 195 g/mol. The van der Waals surface area contributed by atoms with Gasteiger partial charge in [-0.05, 0) is 25.5 Å². The highest BCUT2D eigenvalue weighted by Crippen LogP contribution is 2.29. The van der Waals surface area contributed by atoms with E-state index < -0.39 is 6.10 Å². The second-order valence-corrected chi connectivity index (χ2v) is 3.29. The fraction of sp³-hybridized carbons (Fsp3) is 0.455. The number of benzene rings is 1. The molecule has 0 bridgehead atoms. The summed E-state index contributed by atoms with van der Waals surface area (Å²) < 4.78 is 5.24. The van der Waals surface area contributed by atoms with Crippen LogP contribution in [0.1, 0.15) is 23.7 Å². The SMILES string of the molecule is COc1c(C)cccc1C(O)CCN. The third-order valence-corrected chi connectivity index (χ3v) is 2.25. The van der Waals surface area contributed by atoms with Crippen LogP contribution in [0.3, 0.4) is 0 Å². The van der Waals surface area contributed by atoms with Crippen LogP contribution >= 0.6 is 0 Å². The molecule has 1 unspecified atom stereocenters. The quantitative estimate of drug-likeness (QED) is 0.763. The van der Waals surface area contributed by atoms with Crippen LogP contribution in [0, 0.1) is 6.92 Å². The van der Waals surface area contributed by atoms with E-state index in [-0.39, 0.29) is 0 Å². The predicted octanol–water partition coefficient (Wildman–Crippen LogP) is 1.39. The van der Waals surface area contributed by atoms with Gasteiger partial charge in [-0.3, -0.25) is 0 Å². The van der Waals surface area contributed by atoms with Crippen molar-refractivity contribution in [1.82, 2.24) is 0 Å². The summed E-state index contributed by atoms with van der Waals surface area (Å²) >= 11 is 0. The molecule has 1 aromatic carbocycles. The second kappa shape index (κ2) is 4.98. The predicted molar refractivity (Wildman–Crippen MR) is 56.4 cm³/mol. The molecule has 0 radical (unpaired) electrons. The monoisotopic (exact) mass is 195 g/mol. The maximum absolute atomic E-state index is 9.80. The van der Waals surface area contributed by atoms with Crippen LogP contribution in [-0.4, -0.2) is 18.8 Å². The van der Waals surface area contributed by atoms with Gasteiger partial charge in [-0.1, -0.05) is 18.2 Å². The van der Waals surface area contributed by atoms with E-state index in [1.165, 1.54) is 0 Å². The zero-order valence-corrected chi connectivity index (χ0v) is 8.66. The molecule has 1 rings (SSSR count). The lowest BCUT2D eigenvalue weighted by Crippen LogP contribution is -2.08. The van der Waals surface area contributed by atoms with E-state index in [4.69, 9.17) is 10.5 Å². The summed E-state index contributed by atoms with van der Waals surface area (Å²) in [5.74, 6) is 0.758. The van der Waals surface area contributed by atoms with Crippen molar-refractivity contribution in [2.24, 2.45) is 5.73 Å². The Bertz CT molecular complexity index is 299.